The first kappa shape index (κ1) is 20.4. The number of carbonyl (C=O) groups excluding carboxylic acids is 1. The molecule has 0 saturated carbocycles. The minimum Gasteiger partial charge on any atom is -0.506 e. The van der Waals surface area contributed by atoms with E-state index in [0.717, 1.165) is 4.47 Å². The van der Waals surface area contributed by atoms with Crippen LogP contribution in [0.5, 0.6) is 5.75 Å². The molecule has 146 valence electrons. The minimum absolute atomic E-state index is 0.0952. The molecule has 1 atom stereocenters. The van der Waals surface area contributed by atoms with Crippen molar-refractivity contribution in [2.45, 2.75) is 26.7 Å². The lowest BCUT2D eigenvalue weighted by Gasteiger charge is -2.17. The summed E-state index contributed by atoms with van der Waals surface area (Å²) in [5.41, 5.74) is 1.95. The standard InChI is InChI=1S/C21H19BrClNO4/c1-10(2)18(21(27)28)19-11(3)24(16-9-15(23)17(25)8-14(16)19)20(26)12-4-6-13(22)7-5-12/h4-10,18,25H,1-3H3,(H,27,28). The zero-order chi connectivity index (χ0) is 20.7. The Morgan fingerprint density at radius 3 is 2.29 bits per heavy atom. The maximum atomic E-state index is 13.3. The van der Waals surface area contributed by atoms with Crippen LogP contribution < -0.4 is 0 Å². The van der Waals surface area contributed by atoms with Crippen molar-refractivity contribution in [2.24, 2.45) is 5.92 Å². The number of nitrogens with zero attached hydrogens (tertiary/aromatic N) is 1. The van der Waals surface area contributed by atoms with E-state index in [1.165, 1.54) is 16.7 Å². The van der Waals surface area contributed by atoms with E-state index in [1.54, 1.807) is 31.2 Å². The zero-order valence-corrected chi connectivity index (χ0v) is 17.9. The van der Waals surface area contributed by atoms with Gasteiger partial charge in [-0.2, -0.15) is 0 Å². The summed E-state index contributed by atoms with van der Waals surface area (Å²) in [4.78, 5) is 25.2. The van der Waals surface area contributed by atoms with Gasteiger partial charge in [-0.3, -0.25) is 14.2 Å². The van der Waals surface area contributed by atoms with E-state index in [0.29, 0.717) is 27.7 Å². The van der Waals surface area contributed by atoms with Crippen molar-refractivity contribution in [1.29, 1.82) is 0 Å². The molecular formula is C21H19BrClNO4. The van der Waals surface area contributed by atoms with Gasteiger partial charge in [-0.15, -0.1) is 0 Å². The van der Waals surface area contributed by atoms with E-state index in [-0.39, 0.29) is 22.6 Å². The Morgan fingerprint density at radius 1 is 1.14 bits per heavy atom. The van der Waals surface area contributed by atoms with Crippen LogP contribution >= 0.6 is 27.5 Å². The molecule has 0 saturated heterocycles. The number of aromatic nitrogens is 1. The van der Waals surface area contributed by atoms with E-state index in [4.69, 9.17) is 11.6 Å². The predicted octanol–water partition coefficient (Wildman–Crippen LogP) is 5.58. The van der Waals surface area contributed by atoms with Crippen molar-refractivity contribution in [1.82, 2.24) is 4.57 Å². The third-order valence-electron chi connectivity index (χ3n) is 4.86. The molecule has 0 bridgehead atoms. The van der Waals surface area contributed by atoms with E-state index in [9.17, 15) is 19.8 Å². The summed E-state index contributed by atoms with van der Waals surface area (Å²) in [5.74, 6) is -2.48. The molecule has 1 aromatic heterocycles. The highest BCUT2D eigenvalue weighted by Crippen LogP contribution is 2.40. The Balaban J connectivity index is 2.36. The van der Waals surface area contributed by atoms with Crippen LogP contribution in [0, 0.1) is 12.8 Å². The van der Waals surface area contributed by atoms with Gasteiger partial charge in [0.05, 0.1) is 16.5 Å². The van der Waals surface area contributed by atoms with Crippen LogP contribution in [0.15, 0.2) is 40.9 Å². The molecule has 3 aromatic rings. The summed E-state index contributed by atoms with van der Waals surface area (Å²) in [5, 5.41) is 20.5. The highest BCUT2D eigenvalue weighted by atomic mass is 79.9. The second-order valence-corrected chi connectivity index (χ2v) is 8.35. The van der Waals surface area contributed by atoms with E-state index in [1.807, 2.05) is 13.8 Å². The number of aliphatic carboxylic acids is 1. The third-order valence-corrected chi connectivity index (χ3v) is 5.69. The molecule has 2 aromatic carbocycles. The van der Waals surface area contributed by atoms with Crippen LogP contribution in [-0.2, 0) is 4.79 Å². The van der Waals surface area contributed by atoms with Crippen LogP contribution in [0.4, 0.5) is 0 Å². The minimum atomic E-state index is -0.984. The van der Waals surface area contributed by atoms with Gasteiger partial charge in [0.25, 0.3) is 5.91 Å². The van der Waals surface area contributed by atoms with Crippen LogP contribution in [0.25, 0.3) is 10.9 Å². The van der Waals surface area contributed by atoms with E-state index >= 15 is 0 Å². The fourth-order valence-corrected chi connectivity index (χ4v) is 3.99. The Hall–Kier alpha value is -2.31. The van der Waals surface area contributed by atoms with Gasteiger partial charge in [0, 0.05) is 21.1 Å². The maximum Gasteiger partial charge on any atom is 0.311 e. The predicted molar refractivity (Wildman–Crippen MR) is 112 cm³/mol. The quantitative estimate of drug-likeness (QED) is 0.528. The number of aromatic hydroxyl groups is 1. The molecule has 0 fully saturated rings. The molecule has 28 heavy (non-hydrogen) atoms. The van der Waals surface area contributed by atoms with Crippen LogP contribution in [0.2, 0.25) is 5.02 Å². The summed E-state index contributed by atoms with van der Waals surface area (Å²) in [7, 11) is 0. The van der Waals surface area contributed by atoms with Gasteiger partial charge >= 0.3 is 5.97 Å². The van der Waals surface area contributed by atoms with Crippen LogP contribution in [0.3, 0.4) is 0 Å². The molecule has 0 radical (unpaired) electrons. The molecular weight excluding hydrogens is 446 g/mol. The van der Waals surface area contributed by atoms with Gasteiger partial charge in [-0.05, 0) is 54.8 Å². The zero-order valence-electron chi connectivity index (χ0n) is 15.5. The number of carboxylic acids is 1. The van der Waals surface area contributed by atoms with Gasteiger partial charge in [0.1, 0.15) is 5.75 Å². The molecule has 0 amide bonds. The molecule has 2 N–H and O–H groups in total. The lowest BCUT2D eigenvalue weighted by molar-refractivity contribution is -0.139. The Bertz CT molecular complexity index is 1090. The maximum absolute atomic E-state index is 13.3. The number of phenols is 1. The number of rotatable bonds is 4. The highest BCUT2D eigenvalue weighted by Gasteiger charge is 2.32. The molecule has 5 nitrogen and oxygen atoms in total. The average molecular weight is 465 g/mol. The number of fused-ring (bicyclic) bond motifs is 1. The molecule has 7 heteroatoms. The number of phenolic OH excluding ortho intramolecular Hbond substituents is 1. The summed E-state index contributed by atoms with van der Waals surface area (Å²) in [6, 6.07) is 9.85. The monoisotopic (exact) mass is 463 g/mol. The number of benzene rings is 2. The summed E-state index contributed by atoms with van der Waals surface area (Å²) >= 11 is 9.45. The van der Waals surface area contributed by atoms with E-state index < -0.39 is 11.9 Å². The SMILES string of the molecule is Cc1c(C(C(=O)O)C(C)C)c2cc(O)c(Cl)cc2n1C(=O)c1ccc(Br)cc1. The third kappa shape index (κ3) is 3.42. The van der Waals surface area contributed by atoms with Crippen LogP contribution in [0.1, 0.15) is 41.4 Å². The number of carbonyl (C=O) groups is 2. The molecule has 1 unspecified atom stereocenters. The van der Waals surface area contributed by atoms with Crippen molar-refractivity contribution in [3.05, 3.63) is 62.7 Å². The van der Waals surface area contributed by atoms with Gasteiger partial charge in [-0.25, -0.2) is 0 Å². The number of hydrogen-bond donors (Lipinski definition) is 2. The van der Waals surface area contributed by atoms with Crippen LogP contribution in [-0.4, -0.2) is 26.7 Å². The van der Waals surface area contributed by atoms with Gasteiger partial charge in [0.15, 0.2) is 0 Å². The largest absolute Gasteiger partial charge is 0.506 e. The van der Waals surface area contributed by atoms with Crippen molar-refractivity contribution in [3.8, 4) is 5.75 Å². The number of hydrogen-bond acceptors (Lipinski definition) is 3. The first-order valence-corrected chi connectivity index (χ1v) is 9.87. The van der Waals surface area contributed by atoms with Crippen molar-refractivity contribution < 1.29 is 19.8 Å². The van der Waals surface area contributed by atoms with Gasteiger partial charge in [0.2, 0.25) is 0 Å². The highest BCUT2D eigenvalue weighted by molar-refractivity contribution is 9.10. The Kier molecular flexibility index (Phi) is 5.55. The molecule has 1 heterocycles. The van der Waals surface area contributed by atoms with Gasteiger partial charge in [-0.1, -0.05) is 41.4 Å². The lowest BCUT2D eigenvalue weighted by Crippen LogP contribution is -2.19. The first-order chi connectivity index (χ1) is 13.1. The molecule has 0 aliphatic heterocycles. The Morgan fingerprint density at radius 2 is 1.75 bits per heavy atom. The van der Waals surface area contributed by atoms with Crippen molar-refractivity contribution in [3.63, 3.8) is 0 Å². The fraction of sp³-hybridized carbons (Fsp3) is 0.238. The second kappa shape index (κ2) is 7.60. The fourth-order valence-electron chi connectivity index (χ4n) is 3.57. The molecule has 0 aliphatic rings. The molecule has 3 rings (SSSR count). The smallest absolute Gasteiger partial charge is 0.311 e. The number of carboxylic acid groups (broad SMARTS) is 1. The summed E-state index contributed by atoms with van der Waals surface area (Å²) in [6.45, 7) is 5.34. The summed E-state index contributed by atoms with van der Waals surface area (Å²) in [6.07, 6.45) is 0. The second-order valence-electron chi connectivity index (χ2n) is 7.03. The topological polar surface area (TPSA) is 79.5 Å². The lowest BCUT2D eigenvalue weighted by atomic mass is 9.86. The van der Waals surface area contributed by atoms with Gasteiger partial charge < -0.3 is 10.2 Å². The van der Waals surface area contributed by atoms with Crippen molar-refractivity contribution >= 4 is 50.3 Å². The van der Waals surface area contributed by atoms with Crippen molar-refractivity contribution in [2.75, 3.05) is 0 Å². The van der Waals surface area contributed by atoms with E-state index in [2.05, 4.69) is 15.9 Å². The Labute approximate surface area is 175 Å². The normalized spacial score (nSPS) is 12.5. The summed E-state index contributed by atoms with van der Waals surface area (Å²) < 4.78 is 2.31. The first-order valence-electron chi connectivity index (χ1n) is 8.70. The number of halogens is 2. The average Bonchev–Trinajstić information content (AvgIpc) is 2.87. The molecule has 0 aliphatic carbocycles. The molecule has 0 spiro atoms.